The van der Waals surface area contributed by atoms with Crippen molar-refractivity contribution in [2.75, 3.05) is 20.3 Å². The predicted octanol–water partition coefficient (Wildman–Crippen LogP) is 1.80. The number of methoxy groups -OCH3 is 1. The van der Waals surface area contributed by atoms with E-state index in [1.165, 1.54) is 25.8 Å². The Labute approximate surface area is 70.3 Å². The van der Waals surface area contributed by atoms with Gasteiger partial charge in [0.1, 0.15) is 0 Å². The van der Waals surface area contributed by atoms with E-state index in [2.05, 4.69) is 5.32 Å². The van der Waals surface area contributed by atoms with Crippen molar-refractivity contribution < 1.29 is 4.74 Å². The topological polar surface area (TPSA) is 21.3 Å². The third kappa shape index (κ3) is 5.22. The number of rotatable bonds is 3. The average Bonchev–Trinajstić information content (AvgIpc) is 2.57. The van der Waals surface area contributed by atoms with E-state index in [1.807, 2.05) is 13.8 Å². The first-order valence-electron chi connectivity index (χ1n) is 4.66. The minimum absolute atomic E-state index is 0.741. The number of ether oxygens (including phenoxy) is 1. The van der Waals surface area contributed by atoms with Crippen LogP contribution in [0.4, 0.5) is 0 Å². The van der Waals surface area contributed by atoms with Crippen LogP contribution in [0.15, 0.2) is 0 Å². The van der Waals surface area contributed by atoms with E-state index >= 15 is 0 Å². The van der Waals surface area contributed by atoms with E-state index in [-0.39, 0.29) is 0 Å². The van der Waals surface area contributed by atoms with Gasteiger partial charge in [-0.1, -0.05) is 13.8 Å². The molecule has 1 heterocycles. The van der Waals surface area contributed by atoms with Gasteiger partial charge in [0.05, 0.1) is 0 Å². The van der Waals surface area contributed by atoms with Crippen LogP contribution >= 0.6 is 0 Å². The summed E-state index contributed by atoms with van der Waals surface area (Å²) in [7, 11) is 1.76. The van der Waals surface area contributed by atoms with Crippen LogP contribution in [-0.2, 0) is 4.74 Å². The molecule has 0 spiro atoms. The number of hydrogen-bond acceptors (Lipinski definition) is 2. The Morgan fingerprint density at radius 3 is 2.64 bits per heavy atom. The standard InChI is InChI=1S/C7H15NO.C2H6/c1-9-6-4-7-3-2-5-8-7;1-2/h7-8H,2-6H2,1H3;1-2H3/t7-;/m0./s1. The minimum Gasteiger partial charge on any atom is -0.385 e. The van der Waals surface area contributed by atoms with Crippen molar-refractivity contribution in [2.24, 2.45) is 0 Å². The predicted molar refractivity (Wildman–Crippen MR) is 48.9 cm³/mol. The van der Waals surface area contributed by atoms with Crippen LogP contribution in [0.5, 0.6) is 0 Å². The third-order valence-electron chi connectivity index (χ3n) is 1.83. The van der Waals surface area contributed by atoms with E-state index in [1.54, 1.807) is 7.11 Å². The molecule has 2 nitrogen and oxygen atoms in total. The van der Waals surface area contributed by atoms with Crippen molar-refractivity contribution in [3.05, 3.63) is 0 Å². The van der Waals surface area contributed by atoms with Gasteiger partial charge in [0, 0.05) is 19.8 Å². The highest BCUT2D eigenvalue weighted by Crippen LogP contribution is 2.07. The first-order chi connectivity index (χ1) is 5.43. The van der Waals surface area contributed by atoms with Gasteiger partial charge >= 0.3 is 0 Å². The van der Waals surface area contributed by atoms with Gasteiger partial charge in [0.25, 0.3) is 0 Å². The highest BCUT2D eigenvalue weighted by Gasteiger charge is 2.12. The lowest BCUT2D eigenvalue weighted by molar-refractivity contribution is 0.185. The Hall–Kier alpha value is -0.0800. The zero-order valence-electron chi connectivity index (χ0n) is 8.02. The van der Waals surface area contributed by atoms with Crippen molar-refractivity contribution in [2.45, 2.75) is 39.2 Å². The molecule has 0 amide bonds. The third-order valence-corrected chi connectivity index (χ3v) is 1.83. The van der Waals surface area contributed by atoms with Gasteiger partial charge in [0.15, 0.2) is 0 Å². The van der Waals surface area contributed by atoms with Crippen LogP contribution in [-0.4, -0.2) is 26.3 Å². The summed E-state index contributed by atoms with van der Waals surface area (Å²) in [6.07, 6.45) is 3.86. The molecule has 11 heavy (non-hydrogen) atoms. The zero-order valence-corrected chi connectivity index (χ0v) is 8.02. The monoisotopic (exact) mass is 159 g/mol. The molecule has 0 saturated carbocycles. The van der Waals surface area contributed by atoms with Crippen LogP contribution in [0.3, 0.4) is 0 Å². The highest BCUT2D eigenvalue weighted by molar-refractivity contribution is 4.73. The van der Waals surface area contributed by atoms with Crippen LogP contribution < -0.4 is 5.32 Å². The summed E-state index contributed by atoms with van der Waals surface area (Å²) < 4.78 is 4.96. The second-order valence-corrected chi connectivity index (χ2v) is 2.57. The van der Waals surface area contributed by atoms with E-state index < -0.39 is 0 Å². The van der Waals surface area contributed by atoms with Gasteiger partial charge in [-0.3, -0.25) is 0 Å². The number of hydrogen-bond donors (Lipinski definition) is 1. The highest BCUT2D eigenvalue weighted by atomic mass is 16.5. The fourth-order valence-electron chi connectivity index (χ4n) is 1.26. The molecule has 1 aliphatic heterocycles. The Kier molecular flexibility index (Phi) is 7.96. The maximum atomic E-state index is 4.96. The summed E-state index contributed by atoms with van der Waals surface area (Å²) in [5.74, 6) is 0. The van der Waals surface area contributed by atoms with E-state index in [0.717, 1.165) is 12.6 Å². The summed E-state index contributed by atoms with van der Waals surface area (Å²) in [5, 5.41) is 3.41. The molecular formula is C9H21NO. The molecule has 0 aromatic heterocycles. The molecule has 0 aliphatic carbocycles. The lowest BCUT2D eigenvalue weighted by Gasteiger charge is -2.07. The van der Waals surface area contributed by atoms with Gasteiger partial charge in [-0.25, -0.2) is 0 Å². The molecule has 0 unspecified atom stereocenters. The Bertz CT molecular complexity index is 70.0. The smallest absolute Gasteiger partial charge is 0.0477 e. The number of nitrogens with one attached hydrogen (secondary N) is 1. The van der Waals surface area contributed by atoms with Gasteiger partial charge in [-0.2, -0.15) is 0 Å². The summed E-state index contributed by atoms with van der Waals surface area (Å²) in [5.41, 5.74) is 0. The molecule has 1 N–H and O–H groups in total. The van der Waals surface area contributed by atoms with Crippen LogP contribution in [0, 0.1) is 0 Å². The van der Waals surface area contributed by atoms with E-state index in [9.17, 15) is 0 Å². The molecular weight excluding hydrogens is 138 g/mol. The van der Waals surface area contributed by atoms with Crippen molar-refractivity contribution in [1.29, 1.82) is 0 Å². The lowest BCUT2D eigenvalue weighted by Crippen LogP contribution is -2.22. The average molecular weight is 159 g/mol. The molecule has 2 heteroatoms. The second-order valence-electron chi connectivity index (χ2n) is 2.57. The Morgan fingerprint density at radius 1 is 1.45 bits per heavy atom. The van der Waals surface area contributed by atoms with E-state index in [0.29, 0.717) is 0 Å². The fourth-order valence-corrected chi connectivity index (χ4v) is 1.26. The first kappa shape index (κ1) is 10.9. The normalized spacial score (nSPS) is 22.6. The van der Waals surface area contributed by atoms with E-state index in [4.69, 9.17) is 4.74 Å². The van der Waals surface area contributed by atoms with Crippen LogP contribution in [0.1, 0.15) is 33.1 Å². The van der Waals surface area contributed by atoms with Crippen molar-refractivity contribution in [3.8, 4) is 0 Å². The van der Waals surface area contributed by atoms with Gasteiger partial charge in [0.2, 0.25) is 0 Å². The molecule has 1 atom stereocenters. The Morgan fingerprint density at radius 2 is 2.18 bits per heavy atom. The van der Waals surface area contributed by atoms with Crippen molar-refractivity contribution in [1.82, 2.24) is 5.32 Å². The molecule has 1 fully saturated rings. The molecule has 1 saturated heterocycles. The first-order valence-corrected chi connectivity index (χ1v) is 4.66. The molecule has 1 rings (SSSR count). The summed E-state index contributed by atoms with van der Waals surface area (Å²) >= 11 is 0. The molecule has 68 valence electrons. The lowest BCUT2D eigenvalue weighted by atomic mass is 10.2. The van der Waals surface area contributed by atoms with Crippen molar-refractivity contribution in [3.63, 3.8) is 0 Å². The largest absolute Gasteiger partial charge is 0.385 e. The van der Waals surface area contributed by atoms with Crippen LogP contribution in [0.2, 0.25) is 0 Å². The summed E-state index contributed by atoms with van der Waals surface area (Å²) in [6.45, 7) is 6.10. The fraction of sp³-hybridized carbons (Fsp3) is 1.00. The molecule has 0 aromatic rings. The second kappa shape index (κ2) is 8.02. The molecule has 0 radical (unpaired) electrons. The molecule has 0 aromatic carbocycles. The quantitative estimate of drug-likeness (QED) is 0.678. The summed E-state index contributed by atoms with van der Waals surface area (Å²) in [4.78, 5) is 0. The van der Waals surface area contributed by atoms with Gasteiger partial charge in [-0.15, -0.1) is 0 Å². The van der Waals surface area contributed by atoms with Crippen molar-refractivity contribution >= 4 is 0 Å². The summed E-state index contributed by atoms with van der Waals surface area (Å²) in [6, 6.07) is 0.741. The van der Waals surface area contributed by atoms with Gasteiger partial charge in [-0.05, 0) is 25.8 Å². The molecule has 0 bridgehead atoms. The minimum atomic E-state index is 0.741. The maximum Gasteiger partial charge on any atom is 0.0477 e. The van der Waals surface area contributed by atoms with Crippen LogP contribution in [0.25, 0.3) is 0 Å². The molecule has 1 aliphatic rings. The Balaban J connectivity index is 0.000000461. The van der Waals surface area contributed by atoms with Gasteiger partial charge < -0.3 is 10.1 Å². The SMILES string of the molecule is CC.COCC[C@@H]1CCCN1. The zero-order chi connectivity index (χ0) is 8.53. The maximum absolute atomic E-state index is 4.96.